The Labute approximate surface area is 162 Å². The molecule has 2 heterocycles. The third-order valence-electron chi connectivity index (χ3n) is 5.92. The molecule has 1 aliphatic rings. The number of thiophene rings is 1. The maximum absolute atomic E-state index is 6.55. The smallest absolute Gasteiger partial charge is 0.398 e. The highest BCUT2D eigenvalue weighted by Gasteiger charge is 2.51. The first-order valence-corrected chi connectivity index (χ1v) is 10.8. The van der Waals surface area contributed by atoms with Crippen molar-refractivity contribution in [3.05, 3.63) is 54.6 Å². The summed E-state index contributed by atoms with van der Waals surface area (Å²) in [7, 11) is 0. The number of rotatable bonds is 1. The lowest BCUT2D eigenvalue weighted by Crippen LogP contribution is -2.40. The van der Waals surface area contributed by atoms with Gasteiger partial charge in [-0.2, -0.15) is 11.6 Å². The fraction of sp³-hybridized carbons (Fsp3) is 0.273. The number of hydrogen-bond acceptors (Lipinski definition) is 3. The summed E-state index contributed by atoms with van der Waals surface area (Å²) in [5.41, 5.74) is 1.15. The van der Waals surface area contributed by atoms with Crippen molar-refractivity contribution in [2.45, 2.75) is 38.0 Å². The Morgan fingerprint density at radius 1 is 0.808 bits per heavy atom. The number of fused-ring (bicyclic) bond motifs is 5. The highest BCUT2D eigenvalue weighted by Crippen LogP contribution is 2.48. The fourth-order valence-electron chi connectivity index (χ4n) is 3.78. The molecule has 0 N–H and O–H groups in total. The van der Waals surface area contributed by atoms with E-state index in [1.54, 1.807) is 0 Å². The van der Waals surface area contributed by atoms with Crippen LogP contribution in [-0.4, -0.2) is 16.5 Å². The standard InChI is InChI=1S/C22H21BOS2/c1-21(2)22(3,4)26-23(24-21)17-13-19-20(15-10-6-5-9-14(15)17)16-11-7-8-12-18(16)25-19/h5-13H,1-4H3. The summed E-state index contributed by atoms with van der Waals surface area (Å²) >= 11 is 3.82. The topological polar surface area (TPSA) is 9.23 Å². The van der Waals surface area contributed by atoms with Gasteiger partial charge in [0.15, 0.2) is 0 Å². The Balaban J connectivity index is 1.82. The van der Waals surface area contributed by atoms with Gasteiger partial charge < -0.3 is 4.65 Å². The van der Waals surface area contributed by atoms with Crippen LogP contribution in [0.25, 0.3) is 30.9 Å². The van der Waals surface area contributed by atoms with Crippen molar-refractivity contribution in [1.82, 2.24) is 0 Å². The normalized spacial score (nSPS) is 19.0. The highest BCUT2D eigenvalue weighted by molar-refractivity contribution is 8.27. The van der Waals surface area contributed by atoms with E-state index in [1.165, 1.54) is 36.4 Å². The zero-order chi connectivity index (χ0) is 18.1. The van der Waals surface area contributed by atoms with Crippen LogP contribution < -0.4 is 5.46 Å². The van der Waals surface area contributed by atoms with E-state index >= 15 is 0 Å². The summed E-state index contributed by atoms with van der Waals surface area (Å²) in [6.45, 7) is 9.00. The molecule has 0 amide bonds. The van der Waals surface area contributed by atoms with E-state index in [2.05, 4.69) is 82.3 Å². The minimum Gasteiger partial charge on any atom is -0.416 e. The molecule has 1 aromatic heterocycles. The summed E-state index contributed by atoms with van der Waals surface area (Å²) < 4.78 is 9.33. The lowest BCUT2D eigenvalue weighted by molar-refractivity contribution is 0.0939. The Morgan fingerprint density at radius 3 is 2.15 bits per heavy atom. The first-order chi connectivity index (χ1) is 12.4. The van der Waals surface area contributed by atoms with Crippen molar-refractivity contribution in [3.8, 4) is 0 Å². The van der Waals surface area contributed by atoms with Gasteiger partial charge >= 0.3 is 6.19 Å². The van der Waals surface area contributed by atoms with Gasteiger partial charge in [-0.1, -0.05) is 42.5 Å². The second kappa shape index (κ2) is 5.51. The largest absolute Gasteiger partial charge is 0.416 e. The van der Waals surface area contributed by atoms with Crippen LogP contribution >= 0.6 is 22.9 Å². The molecule has 5 rings (SSSR count). The average Bonchev–Trinajstić information content (AvgIpc) is 3.08. The predicted octanol–water partition coefficient (Wildman–Crippen LogP) is 6.22. The molecule has 4 aromatic rings. The van der Waals surface area contributed by atoms with Crippen molar-refractivity contribution in [3.63, 3.8) is 0 Å². The lowest BCUT2D eigenvalue weighted by atomic mass is 9.79. The Bertz CT molecular complexity index is 1140. The molecule has 130 valence electrons. The average molecular weight is 376 g/mol. The molecule has 0 unspecified atom stereocenters. The molecule has 1 fully saturated rings. The van der Waals surface area contributed by atoms with E-state index in [1.807, 2.05) is 22.9 Å². The van der Waals surface area contributed by atoms with Gasteiger partial charge in [0.2, 0.25) is 0 Å². The minimum absolute atomic E-state index is 0.0690. The molecule has 0 saturated carbocycles. The highest BCUT2D eigenvalue weighted by atomic mass is 32.2. The number of hydrogen-bond donors (Lipinski definition) is 0. The Kier molecular flexibility index (Phi) is 3.53. The van der Waals surface area contributed by atoms with Crippen LogP contribution in [0.15, 0.2) is 54.6 Å². The van der Waals surface area contributed by atoms with Crippen LogP contribution in [0.5, 0.6) is 0 Å². The Morgan fingerprint density at radius 2 is 1.46 bits per heavy atom. The summed E-state index contributed by atoms with van der Waals surface area (Å²) in [6.07, 6.45) is 0.0690. The maximum Gasteiger partial charge on any atom is 0.398 e. The van der Waals surface area contributed by atoms with E-state index < -0.39 is 0 Å². The quantitative estimate of drug-likeness (QED) is 0.365. The van der Waals surface area contributed by atoms with Crippen LogP contribution in [0.2, 0.25) is 0 Å². The summed E-state index contributed by atoms with van der Waals surface area (Å²) in [4.78, 5) is 0. The zero-order valence-corrected chi connectivity index (χ0v) is 17.1. The van der Waals surface area contributed by atoms with Crippen molar-refractivity contribution < 1.29 is 4.65 Å². The molecule has 0 spiro atoms. The third-order valence-corrected chi connectivity index (χ3v) is 8.69. The van der Waals surface area contributed by atoms with Gasteiger partial charge in [-0.15, -0.1) is 11.3 Å². The molecule has 26 heavy (non-hydrogen) atoms. The molecule has 1 aliphatic heterocycles. The third kappa shape index (κ3) is 2.29. The van der Waals surface area contributed by atoms with E-state index in [0.29, 0.717) is 0 Å². The van der Waals surface area contributed by atoms with Gasteiger partial charge in [-0.05, 0) is 56.1 Å². The van der Waals surface area contributed by atoms with Crippen molar-refractivity contribution >= 4 is 65.6 Å². The molecular weight excluding hydrogens is 355 g/mol. The van der Waals surface area contributed by atoms with Crippen LogP contribution in [0.3, 0.4) is 0 Å². The van der Waals surface area contributed by atoms with E-state index in [0.717, 1.165) is 0 Å². The molecule has 4 heteroatoms. The van der Waals surface area contributed by atoms with Crippen LogP contribution in [0.4, 0.5) is 0 Å². The van der Waals surface area contributed by atoms with E-state index in [4.69, 9.17) is 4.65 Å². The SMILES string of the molecule is CC1(C)OB(c2cc3sc4ccccc4c3c3ccccc23)SC1(C)C. The van der Waals surface area contributed by atoms with Gasteiger partial charge in [-0.25, -0.2) is 0 Å². The monoisotopic (exact) mass is 376 g/mol. The van der Waals surface area contributed by atoms with Gasteiger partial charge in [-0.3, -0.25) is 0 Å². The van der Waals surface area contributed by atoms with E-state index in [-0.39, 0.29) is 16.5 Å². The van der Waals surface area contributed by atoms with E-state index in [9.17, 15) is 0 Å². The second-order valence-corrected chi connectivity index (χ2v) is 10.8. The number of benzene rings is 3. The van der Waals surface area contributed by atoms with Gasteiger partial charge in [0.05, 0.1) is 5.60 Å². The van der Waals surface area contributed by atoms with Crippen LogP contribution in [-0.2, 0) is 4.65 Å². The molecule has 0 bridgehead atoms. The minimum atomic E-state index is -0.154. The predicted molar refractivity (Wildman–Crippen MR) is 119 cm³/mol. The van der Waals surface area contributed by atoms with Crippen LogP contribution in [0.1, 0.15) is 27.7 Å². The van der Waals surface area contributed by atoms with Crippen molar-refractivity contribution in [1.29, 1.82) is 0 Å². The molecule has 3 aromatic carbocycles. The second-order valence-electron chi connectivity index (χ2n) is 8.07. The Hall–Kier alpha value is -1.49. The molecule has 0 radical (unpaired) electrons. The first kappa shape index (κ1) is 16.7. The first-order valence-electron chi connectivity index (χ1n) is 9.06. The van der Waals surface area contributed by atoms with Crippen molar-refractivity contribution in [2.75, 3.05) is 0 Å². The zero-order valence-electron chi connectivity index (χ0n) is 15.5. The molecule has 0 aliphatic carbocycles. The summed E-state index contributed by atoms with van der Waals surface area (Å²) in [6, 6.07) is 19.9. The molecule has 1 saturated heterocycles. The summed E-state index contributed by atoms with van der Waals surface area (Å²) in [5, 5.41) is 5.39. The lowest BCUT2D eigenvalue weighted by Gasteiger charge is -2.32. The van der Waals surface area contributed by atoms with Gasteiger partial charge in [0.25, 0.3) is 0 Å². The molecular formula is C22H21BOS2. The molecule has 1 nitrogen and oxygen atoms in total. The fourth-order valence-corrected chi connectivity index (χ4v) is 6.43. The van der Waals surface area contributed by atoms with Gasteiger partial charge in [0, 0.05) is 24.9 Å². The van der Waals surface area contributed by atoms with Crippen molar-refractivity contribution in [2.24, 2.45) is 0 Å². The molecule has 0 atom stereocenters. The maximum atomic E-state index is 6.55. The van der Waals surface area contributed by atoms with Crippen LogP contribution in [0, 0.1) is 0 Å². The summed E-state index contributed by atoms with van der Waals surface area (Å²) in [5.74, 6) is 0. The van der Waals surface area contributed by atoms with Gasteiger partial charge in [0.1, 0.15) is 0 Å².